The van der Waals surface area contributed by atoms with E-state index >= 15 is 0 Å². The number of carbonyl (C=O) groups is 1. The first kappa shape index (κ1) is 20.3. The molecule has 4 rings (SSSR count). The number of aryl methyl sites for hydroxylation is 1. The second kappa shape index (κ2) is 9.21. The van der Waals surface area contributed by atoms with Crippen LogP contribution in [0.25, 0.3) is 16.9 Å². The highest BCUT2D eigenvalue weighted by atomic mass is 16.5. The van der Waals surface area contributed by atoms with Gasteiger partial charge in [0.2, 0.25) is 0 Å². The van der Waals surface area contributed by atoms with Crippen molar-refractivity contribution >= 4 is 5.91 Å². The van der Waals surface area contributed by atoms with E-state index in [0.29, 0.717) is 12.2 Å². The van der Waals surface area contributed by atoms with Gasteiger partial charge >= 0.3 is 0 Å². The van der Waals surface area contributed by atoms with E-state index in [2.05, 4.69) is 27.5 Å². The summed E-state index contributed by atoms with van der Waals surface area (Å²) < 4.78 is 7.04. The second-order valence-electron chi connectivity index (χ2n) is 6.95. The van der Waals surface area contributed by atoms with Crippen LogP contribution in [0.5, 0.6) is 5.75 Å². The quantitative estimate of drug-likeness (QED) is 0.498. The fourth-order valence-electron chi connectivity index (χ4n) is 3.36. The minimum absolute atomic E-state index is 0.238. The molecular weight excluding hydrogens is 390 g/mol. The van der Waals surface area contributed by atoms with Gasteiger partial charge in [0.05, 0.1) is 12.8 Å². The van der Waals surface area contributed by atoms with Crippen molar-refractivity contribution in [1.29, 1.82) is 0 Å². The van der Waals surface area contributed by atoms with Gasteiger partial charge in [0.1, 0.15) is 11.4 Å². The van der Waals surface area contributed by atoms with Crippen LogP contribution in [0.2, 0.25) is 0 Å². The summed E-state index contributed by atoms with van der Waals surface area (Å²) in [4.78, 5) is 17.3. The van der Waals surface area contributed by atoms with Crippen LogP contribution in [0, 0.1) is 0 Å². The number of amides is 1. The molecule has 7 nitrogen and oxygen atoms in total. The standard InChI is InChI=1S/C24H23N5O2/c1-3-17-10-12-20(13-11-17)29-23(19-8-6-14-25-15-19)22(27-28-29)24(30)26-16-18-7-4-5-9-21(18)31-2/h4-15H,3,16H2,1-2H3,(H,26,30). The zero-order valence-corrected chi connectivity index (χ0v) is 17.4. The summed E-state index contributed by atoms with van der Waals surface area (Å²) >= 11 is 0. The number of para-hydroxylation sites is 1. The molecule has 0 unspecified atom stereocenters. The maximum Gasteiger partial charge on any atom is 0.274 e. The van der Waals surface area contributed by atoms with Crippen LogP contribution in [0.1, 0.15) is 28.5 Å². The molecule has 2 heterocycles. The lowest BCUT2D eigenvalue weighted by molar-refractivity contribution is 0.0946. The average Bonchev–Trinajstić information content (AvgIpc) is 3.28. The summed E-state index contributed by atoms with van der Waals surface area (Å²) in [6, 6.07) is 19.3. The van der Waals surface area contributed by atoms with E-state index in [9.17, 15) is 4.79 Å². The number of ether oxygens (including phenoxy) is 1. The molecular formula is C24H23N5O2. The molecule has 0 spiro atoms. The SMILES string of the molecule is CCc1ccc(-n2nnc(C(=O)NCc3ccccc3OC)c2-c2cccnc2)cc1. The Bertz CT molecular complexity index is 1170. The fraction of sp³-hybridized carbons (Fsp3) is 0.167. The highest BCUT2D eigenvalue weighted by Gasteiger charge is 2.22. The molecule has 0 fully saturated rings. The topological polar surface area (TPSA) is 81.9 Å². The fourth-order valence-corrected chi connectivity index (χ4v) is 3.36. The van der Waals surface area contributed by atoms with E-state index < -0.39 is 0 Å². The summed E-state index contributed by atoms with van der Waals surface area (Å²) in [6.45, 7) is 2.42. The summed E-state index contributed by atoms with van der Waals surface area (Å²) in [5.74, 6) is 0.399. The molecule has 1 N–H and O–H groups in total. The van der Waals surface area contributed by atoms with E-state index in [-0.39, 0.29) is 11.6 Å². The molecule has 1 amide bonds. The molecule has 0 saturated heterocycles. The van der Waals surface area contributed by atoms with Crippen molar-refractivity contribution < 1.29 is 9.53 Å². The van der Waals surface area contributed by atoms with Gasteiger partial charge in [-0.15, -0.1) is 5.10 Å². The number of benzene rings is 2. The third-order valence-electron chi connectivity index (χ3n) is 5.04. The third-order valence-corrected chi connectivity index (χ3v) is 5.04. The van der Waals surface area contributed by atoms with E-state index in [0.717, 1.165) is 29.0 Å². The van der Waals surface area contributed by atoms with Crippen LogP contribution >= 0.6 is 0 Å². The van der Waals surface area contributed by atoms with Crippen molar-refractivity contribution in [3.8, 4) is 22.7 Å². The van der Waals surface area contributed by atoms with Crippen LogP contribution in [-0.4, -0.2) is 33.0 Å². The minimum Gasteiger partial charge on any atom is -0.496 e. The number of methoxy groups -OCH3 is 1. The van der Waals surface area contributed by atoms with Gasteiger partial charge in [-0.25, -0.2) is 4.68 Å². The Balaban J connectivity index is 1.68. The number of pyridine rings is 1. The summed E-state index contributed by atoms with van der Waals surface area (Å²) in [5.41, 5.74) is 4.52. The Morgan fingerprint density at radius 3 is 2.58 bits per heavy atom. The van der Waals surface area contributed by atoms with E-state index in [1.54, 1.807) is 24.2 Å². The Labute approximate surface area is 180 Å². The van der Waals surface area contributed by atoms with E-state index in [4.69, 9.17) is 4.74 Å². The van der Waals surface area contributed by atoms with Crippen LogP contribution in [0.15, 0.2) is 73.1 Å². The first-order valence-corrected chi connectivity index (χ1v) is 10.1. The molecule has 31 heavy (non-hydrogen) atoms. The number of nitrogens with one attached hydrogen (secondary N) is 1. The van der Waals surface area contributed by atoms with Crippen molar-refractivity contribution in [3.05, 3.63) is 89.9 Å². The Morgan fingerprint density at radius 2 is 1.87 bits per heavy atom. The molecule has 0 atom stereocenters. The molecule has 0 bridgehead atoms. The zero-order valence-electron chi connectivity index (χ0n) is 17.4. The maximum atomic E-state index is 13.1. The maximum absolute atomic E-state index is 13.1. The van der Waals surface area contributed by atoms with Crippen molar-refractivity contribution in [2.75, 3.05) is 7.11 Å². The number of carbonyl (C=O) groups excluding carboxylic acids is 1. The van der Waals surface area contributed by atoms with Crippen molar-refractivity contribution in [2.45, 2.75) is 19.9 Å². The van der Waals surface area contributed by atoms with Gasteiger partial charge in [-0.3, -0.25) is 9.78 Å². The van der Waals surface area contributed by atoms with E-state index in [1.807, 2.05) is 60.7 Å². The van der Waals surface area contributed by atoms with Gasteiger partial charge in [-0.2, -0.15) is 0 Å². The molecule has 0 radical (unpaired) electrons. The molecule has 0 aliphatic heterocycles. The van der Waals surface area contributed by atoms with Crippen molar-refractivity contribution in [1.82, 2.24) is 25.3 Å². The van der Waals surface area contributed by atoms with Gasteiger partial charge in [-0.05, 0) is 42.3 Å². The number of rotatable bonds is 7. The second-order valence-corrected chi connectivity index (χ2v) is 6.95. The molecule has 4 aromatic rings. The lowest BCUT2D eigenvalue weighted by Crippen LogP contribution is -2.24. The Hall–Kier alpha value is -4.00. The molecule has 0 aliphatic carbocycles. The summed E-state index contributed by atoms with van der Waals surface area (Å²) in [5, 5.41) is 11.4. The van der Waals surface area contributed by atoms with Gasteiger partial charge in [0, 0.05) is 30.1 Å². The largest absolute Gasteiger partial charge is 0.496 e. The normalized spacial score (nSPS) is 10.6. The predicted molar refractivity (Wildman–Crippen MR) is 118 cm³/mol. The lowest BCUT2D eigenvalue weighted by Gasteiger charge is -2.10. The average molecular weight is 413 g/mol. The van der Waals surface area contributed by atoms with Gasteiger partial charge < -0.3 is 10.1 Å². The summed E-state index contributed by atoms with van der Waals surface area (Å²) in [6.07, 6.45) is 4.34. The third kappa shape index (κ3) is 4.30. The van der Waals surface area contributed by atoms with Gasteiger partial charge in [0.25, 0.3) is 5.91 Å². The Kier molecular flexibility index (Phi) is 6.03. The number of aromatic nitrogens is 4. The summed E-state index contributed by atoms with van der Waals surface area (Å²) in [7, 11) is 1.61. The van der Waals surface area contributed by atoms with Crippen LogP contribution in [0.4, 0.5) is 0 Å². The van der Waals surface area contributed by atoms with Crippen LogP contribution < -0.4 is 10.1 Å². The Morgan fingerprint density at radius 1 is 1.06 bits per heavy atom. The van der Waals surface area contributed by atoms with Gasteiger partial charge in [-0.1, -0.05) is 42.5 Å². The molecule has 2 aromatic heterocycles. The monoisotopic (exact) mass is 413 g/mol. The molecule has 7 heteroatoms. The minimum atomic E-state index is -0.318. The molecule has 156 valence electrons. The van der Waals surface area contributed by atoms with Gasteiger partial charge in [0.15, 0.2) is 5.69 Å². The zero-order chi connectivity index (χ0) is 21.6. The highest BCUT2D eigenvalue weighted by molar-refractivity contribution is 5.98. The highest BCUT2D eigenvalue weighted by Crippen LogP contribution is 2.25. The first-order chi connectivity index (χ1) is 15.2. The number of hydrogen-bond donors (Lipinski definition) is 1. The van der Waals surface area contributed by atoms with Crippen molar-refractivity contribution in [3.63, 3.8) is 0 Å². The first-order valence-electron chi connectivity index (χ1n) is 10.1. The molecule has 2 aromatic carbocycles. The smallest absolute Gasteiger partial charge is 0.274 e. The number of hydrogen-bond acceptors (Lipinski definition) is 5. The van der Waals surface area contributed by atoms with E-state index in [1.165, 1.54) is 5.56 Å². The number of nitrogens with zero attached hydrogens (tertiary/aromatic N) is 4. The van der Waals surface area contributed by atoms with Crippen LogP contribution in [-0.2, 0) is 13.0 Å². The predicted octanol–water partition coefficient (Wildman–Crippen LogP) is 3.83. The van der Waals surface area contributed by atoms with Crippen molar-refractivity contribution in [2.24, 2.45) is 0 Å². The lowest BCUT2D eigenvalue weighted by atomic mass is 10.1. The van der Waals surface area contributed by atoms with Crippen LogP contribution in [0.3, 0.4) is 0 Å². The molecule has 0 aliphatic rings. The molecule has 0 saturated carbocycles.